The molecule has 8 heteroatoms. The predicted molar refractivity (Wildman–Crippen MR) is 44.6 cm³/mol. The number of hydrazone groups is 1. The van der Waals surface area contributed by atoms with Gasteiger partial charge >= 0.3 is 0 Å². The first-order valence-corrected chi connectivity index (χ1v) is 5.00. The molecule has 0 bridgehead atoms. The monoisotopic (exact) mass is 207 g/mol. The van der Waals surface area contributed by atoms with Crippen molar-refractivity contribution in [3.63, 3.8) is 0 Å². The molecule has 1 aliphatic rings. The molecule has 74 valence electrons. The molecule has 1 atom stereocenters. The molecule has 1 unspecified atom stereocenters. The third kappa shape index (κ3) is 2.39. The second-order valence-electron chi connectivity index (χ2n) is 2.58. The van der Waals surface area contributed by atoms with E-state index in [0.717, 1.165) is 0 Å². The van der Waals surface area contributed by atoms with E-state index in [1.54, 1.807) is 0 Å². The average Bonchev–Trinajstić information content (AvgIpc) is 2.30. The van der Waals surface area contributed by atoms with Crippen molar-refractivity contribution in [1.82, 2.24) is 10.3 Å². The van der Waals surface area contributed by atoms with Gasteiger partial charge in [-0.15, -0.1) is 0 Å². The molecule has 13 heavy (non-hydrogen) atoms. The van der Waals surface area contributed by atoms with Crippen LogP contribution in [0, 0.1) is 0 Å². The number of hydrogen-bond donors (Lipinski definition) is 2. The van der Waals surface area contributed by atoms with Crippen molar-refractivity contribution in [3.8, 4) is 0 Å². The Labute approximate surface area is 75.2 Å². The Morgan fingerprint density at radius 1 is 1.77 bits per heavy atom. The van der Waals surface area contributed by atoms with Gasteiger partial charge in [0, 0.05) is 7.05 Å². The predicted octanol–water partition coefficient (Wildman–Crippen LogP) is -1.75. The zero-order chi connectivity index (χ0) is 10.1. The van der Waals surface area contributed by atoms with Crippen LogP contribution in [0.2, 0.25) is 0 Å². The quantitative estimate of drug-likeness (QED) is 0.420. The fourth-order valence-electron chi connectivity index (χ4n) is 0.886. The molecule has 1 aliphatic heterocycles. The van der Waals surface area contributed by atoms with Gasteiger partial charge in [-0.05, 0) is 0 Å². The summed E-state index contributed by atoms with van der Waals surface area (Å²) < 4.78 is 29.4. The van der Waals surface area contributed by atoms with Crippen molar-refractivity contribution in [1.29, 1.82) is 0 Å². The van der Waals surface area contributed by atoms with Crippen molar-refractivity contribution < 1.29 is 17.8 Å². The van der Waals surface area contributed by atoms with Gasteiger partial charge < -0.3 is 4.90 Å². The van der Waals surface area contributed by atoms with E-state index in [1.165, 1.54) is 11.9 Å². The van der Waals surface area contributed by atoms with Gasteiger partial charge in [0.05, 0.1) is 0 Å². The molecule has 0 aromatic heterocycles. The SMILES string of the molecule is CN1C(CS(=O)(=O)O)=NNC1C=O. The minimum Gasteiger partial charge on any atom is -0.333 e. The minimum absolute atomic E-state index is 0.111. The largest absolute Gasteiger partial charge is 0.333 e. The van der Waals surface area contributed by atoms with E-state index in [-0.39, 0.29) is 5.84 Å². The van der Waals surface area contributed by atoms with E-state index in [1.807, 2.05) is 0 Å². The van der Waals surface area contributed by atoms with Gasteiger partial charge in [0.1, 0.15) is 11.6 Å². The Hall–Kier alpha value is -1.15. The van der Waals surface area contributed by atoms with Gasteiger partial charge in [-0.1, -0.05) is 0 Å². The van der Waals surface area contributed by atoms with Gasteiger partial charge in [0.25, 0.3) is 10.1 Å². The molecule has 0 saturated carbocycles. The number of likely N-dealkylation sites (N-methyl/N-ethyl adjacent to an activating group) is 1. The highest BCUT2D eigenvalue weighted by atomic mass is 32.2. The Kier molecular flexibility index (Phi) is 2.52. The van der Waals surface area contributed by atoms with E-state index in [4.69, 9.17) is 4.55 Å². The van der Waals surface area contributed by atoms with E-state index in [0.29, 0.717) is 6.29 Å². The maximum Gasteiger partial charge on any atom is 0.272 e. The Morgan fingerprint density at radius 3 is 2.77 bits per heavy atom. The number of hydrogen-bond acceptors (Lipinski definition) is 6. The lowest BCUT2D eigenvalue weighted by Gasteiger charge is -2.16. The molecule has 1 rings (SSSR count). The summed E-state index contributed by atoms with van der Waals surface area (Å²) in [4.78, 5) is 11.7. The zero-order valence-electron chi connectivity index (χ0n) is 6.84. The minimum atomic E-state index is -4.10. The molecule has 0 fully saturated rings. The molecule has 1 heterocycles. The summed E-state index contributed by atoms with van der Waals surface area (Å²) in [7, 11) is -2.60. The second-order valence-corrected chi connectivity index (χ2v) is 4.03. The van der Waals surface area contributed by atoms with E-state index < -0.39 is 22.0 Å². The number of carbonyl (C=O) groups is 1. The second kappa shape index (κ2) is 3.30. The normalized spacial score (nSPS) is 22.5. The van der Waals surface area contributed by atoms with Crippen molar-refractivity contribution in [2.45, 2.75) is 6.17 Å². The molecule has 2 N–H and O–H groups in total. The smallest absolute Gasteiger partial charge is 0.272 e. The Balaban J connectivity index is 2.70. The topological polar surface area (TPSA) is 99.1 Å². The highest BCUT2D eigenvalue weighted by Crippen LogP contribution is 2.02. The number of rotatable bonds is 3. The van der Waals surface area contributed by atoms with Crippen molar-refractivity contribution in [2.24, 2.45) is 5.10 Å². The van der Waals surface area contributed by atoms with Crippen LogP contribution in [0.4, 0.5) is 0 Å². The molecular formula is C5H9N3O4S. The van der Waals surface area contributed by atoms with E-state index in [9.17, 15) is 13.2 Å². The number of aldehydes is 1. The molecule has 0 aromatic carbocycles. The summed E-state index contributed by atoms with van der Waals surface area (Å²) in [6, 6.07) is 0. The molecular weight excluding hydrogens is 198 g/mol. The average molecular weight is 207 g/mol. The Bertz CT molecular complexity index is 336. The first-order valence-electron chi connectivity index (χ1n) is 3.39. The lowest BCUT2D eigenvalue weighted by atomic mass is 10.5. The standard InChI is InChI=1S/C5H9N3O4S/c1-8-4(2-9)6-7-5(8)3-13(10,11)12/h2,4,6H,3H2,1H3,(H,10,11,12). The van der Waals surface area contributed by atoms with Crippen molar-refractivity contribution in [3.05, 3.63) is 0 Å². The molecule has 0 aliphatic carbocycles. The van der Waals surface area contributed by atoms with E-state index in [2.05, 4.69) is 10.5 Å². The van der Waals surface area contributed by atoms with Crippen LogP contribution >= 0.6 is 0 Å². The van der Waals surface area contributed by atoms with Gasteiger partial charge in [-0.25, -0.2) is 0 Å². The summed E-state index contributed by atoms with van der Waals surface area (Å²) in [6.07, 6.45) is -0.0720. The van der Waals surface area contributed by atoms with Crippen LogP contribution in [-0.2, 0) is 14.9 Å². The summed E-state index contributed by atoms with van der Waals surface area (Å²) in [5.74, 6) is -0.486. The summed E-state index contributed by atoms with van der Waals surface area (Å²) in [6.45, 7) is 0. The first kappa shape index (κ1) is 9.93. The zero-order valence-corrected chi connectivity index (χ0v) is 7.65. The van der Waals surface area contributed by atoms with Crippen LogP contribution in [-0.4, -0.2) is 49.0 Å². The molecule has 0 aromatic rings. The maximum atomic E-state index is 10.5. The lowest BCUT2D eigenvalue weighted by molar-refractivity contribution is -0.111. The van der Waals surface area contributed by atoms with Crippen LogP contribution in [0.15, 0.2) is 5.10 Å². The molecule has 0 spiro atoms. The summed E-state index contributed by atoms with van der Waals surface area (Å²) >= 11 is 0. The van der Waals surface area contributed by atoms with E-state index >= 15 is 0 Å². The van der Waals surface area contributed by atoms with Crippen molar-refractivity contribution in [2.75, 3.05) is 12.8 Å². The van der Waals surface area contributed by atoms with Crippen LogP contribution in [0.5, 0.6) is 0 Å². The highest BCUT2D eigenvalue weighted by molar-refractivity contribution is 7.86. The van der Waals surface area contributed by atoms with Gasteiger partial charge in [-0.2, -0.15) is 13.5 Å². The van der Waals surface area contributed by atoms with Gasteiger partial charge in [0.2, 0.25) is 0 Å². The molecule has 0 amide bonds. The van der Waals surface area contributed by atoms with Gasteiger partial charge in [0.15, 0.2) is 12.5 Å². The number of nitrogens with one attached hydrogen (secondary N) is 1. The molecule has 7 nitrogen and oxygen atoms in total. The van der Waals surface area contributed by atoms with Crippen LogP contribution in [0.1, 0.15) is 0 Å². The fourth-order valence-corrected chi connectivity index (χ4v) is 1.48. The summed E-state index contributed by atoms with van der Waals surface area (Å²) in [5.41, 5.74) is 2.40. The third-order valence-corrected chi connectivity index (χ3v) is 2.21. The van der Waals surface area contributed by atoms with Crippen LogP contribution in [0.25, 0.3) is 0 Å². The fraction of sp³-hybridized carbons (Fsp3) is 0.600. The third-order valence-electron chi connectivity index (χ3n) is 1.59. The molecule has 0 saturated heterocycles. The van der Waals surface area contributed by atoms with Crippen molar-refractivity contribution >= 4 is 22.2 Å². The number of nitrogens with zero attached hydrogens (tertiary/aromatic N) is 2. The van der Waals surface area contributed by atoms with Crippen LogP contribution < -0.4 is 5.43 Å². The van der Waals surface area contributed by atoms with Crippen LogP contribution in [0.3, 0.4) is 0 Å². The lowest BCUT2D eigenvalue weighted by Crippen LogP contribution is -2.40. The molecule has 0 radical (unpaired) electrons. The number of amidine groups is 1. The summed E-state index contributed by atoms with van der Waals surface area (Å²) in [5, 5.41) is 3.58. The first-order chi connectivity index (χ1) is 5.94. The number of carbonyl (C=O) groups excluding carboxylic acids is 1. The highest BCUT2D eigenvalue weighted by Gasteiger charge is 2.26. The van der Waals surface area contributed by atoms with Gasteiger partial charge in [-0.3, -0.25) is 14.8 Å². The maximum absolute atomic E-state index is 10.5. The Morgan fingerprint density at radius 2 is 2.38 bits per heavy atom.